The third-order valence-corrected chi connectivity index (χ3v) is 1.55. The molecule has 3 atom stereocenters. The van der Waals surface area contributed by atoms with E-state index in [4.69, 9.17) is 20.4 Å². The highest BCUT2D eigenvalue weighted by molar-refractivity contribution is 5.09. The summed E-state index contributed by atoms with van der Waals surface area (Å²) >= 11 is 0. The van der Waals surface area contributed by atoms with E-state index in [1.807, 2.05) is 0 Å². The van der Waals surface area contributed by atoms with Crippen molar-refractivity contribution < 1.29 is 25.2 Å². The fraction of sp³-hybridized carbons (Fsp3) is 0.667. The molecule has 1 rings (SSSR count). The van der Waals surface area contributed by atoms with E-state index >= 15 is 0 Å². The maximum Gasteiger partial charge on any atom is 0.226 e. The van der Waals surface area contributed by atoms with Gasteiger partial charge in [-0.3, -0.25) is 0 Å². The van der Waals surface area contributed by atoms with Gasteiger partial charge in [-0.15, -0.1) is 0 Å². The van der Waals surface area contributed by atoms with Crippen molar-refractivity contribution >= 4 is 0 Å². The summed E-state index contributed by atoms with van der Waals surface area (Å²) in [5, 5.41) is 35.7. The minimum atomic E-state index is -1.49. The van der Waals surface area contributed by atoms with Crippen LogP contribution in [-0.4, -0.2) is 38.9 Å². The molecule has 11 heavy (non-hydrogen) atoms. The number of aliphatic hydroxyl groups is 4. The second-order valence-electron chi connectivity index (χ2n) is 2.39. The lowest BCUT2D eigenvalue weighted by Crippen LogP contribution is -2.43. The fourth-order valence-electron chi connectivity index (χ4n) is 0.837. The Morgan fingerprint density at radius 3 is 2.36 bits per heavy atom. The van der Waals surface area contributed by atoms with Crippen molar-refractivity contribution in [1.29, 1.82) is 0 Å². The molecule has 0 bridgehead atoms. The lowest BCUT2D eigenvalue weighted by atomic mass is 10.1. The molecule has 64 valence electrons. The molecule has 0 amide bonds. The molecule has 0 spiro atoms. The maximum atomic E-state index is 8.99. The summed E-state index contributed by atoms with van der Waals surface area (Å²) in [7, 11) is 0. The van der Waals surface area contributed by atoms with Crippen molar-refractivity contribution in [3.05, 3.63) is 11.5 Å². The Hall–Kier alpha value is -0.780. The Labute approximate surface area is 63.2 Å². The summed E-state index contributed by atoms with van der Waals surface area (Å²) in [6.45, 7) is 1.38. The van der Waals surface area contributed by atoms with Gasteiger partial charge in [-0.25, -0.2) is 0 Å². The van der Waals surface area contributed by atoms with E-state index in [-0.39, 0.29) is 5.76 Å². The molecule has 1 aliphatic rings. The van der Waals surface area contributed by atoms with Crippen LogP contribution in [0.15, 0.2) is 11.5 Å². The number of allylic oxidation sites excluding steroid dienone is 1. The molecule has 0 saturated heterocycles. The third-order valence-electron chi connectivity index (χ3n) is 1.55. The van der Waals surface area contributed by atoms with E-state index in [1.54, 1.807) is 0 Å². The average molecular weight is 162 g/mol. The summed E-state index contributed by atoms with van der Waals surface area (Å²) in [5.41, 5.74) is 0. The Morgan fingerprint density at radius 1 is 1.27 bits per heavy atom. The molecule has 1 aliphatic heterocycles. The predicted molar refractivity (Wildman–Crippen MR) is 34.4 cm³/mol. The molecule has 1 heterocycles. The lowest BCUT2D eigenvalue weighted by molar-refractivity contribution is -0.186. The zero-order valence-electron chi connectivity index (χ0n) is 5.93. The van der Waals surface area contributed by atoms with Crippen LogP contribution in [0, 0.1) is 0 Å². The van der Waals surface area contributed by atoms with Crippen LogP contribution in [0.3, 0.4) is 0 Å². The standard InChI is InChI=1S/C6H10O5/c1-2-3(7)4(8)5(9)6(10)11-2/h4-10H,1H3. The van der Waals surface area contributed by atoms with E-state index in [1.165, 1.54) is 6.92 Å². The monoisotopic (exact) mass is 162 g/mol. The van der Waals surface area contributed by atoms with Crippen molar-refractivity contribution in [2.45, 2.75) is 25.4 Å². The Kier molecular flexibility index (Phi) is 2.03. The van der Waals surface area contributed by atoms with E-state index < -0.39 is 24.3 Å². The van der Waals surface area contributed by atoms with Crippen molar-refractivity contribution in [3.63, 3.8) is 0 Å². The first-order valence-corrected chi connectivity index (χ1v) is 3.14. The van der Waals surface area contributed by atoms with Gasteiger partial charge >= 0.3 is 0 Å². The summed E-state index contributed by atoms with van der Waals surface area (Å²) < 4.78 is 4.56. The molecule has 0 radical (unpaired) electrons. The van der Waals surface area contributed by atoms with Crippen molar-refractivity contribution in [1.82, 2.24) is 0 Å². The highest BCUT2D eigenvalue weighted by atomic mass is 16.6. The van der Waals surface area contributed by atoms with Gasteiger partial charge in [0.25, 0.3) is 0 Å². The minimum absolute atomic E-state index is 0.0234. The highest BCUT2D eigenvalue weighted by Gasteiger charge is 2.35. The zero-order chi connectivity index (χ0) is 8.59. The van der Waals surface area contributed by atoms with Gasteiger partial charge in [0.2, 0.25) is 6.29 Å². The Bertz CT molecular complexity index is 187. The number of aliphatic hydroxyl groups excluding tert-OH is 4. The average Bonchev–Trinajstić information content (AvgIpc) is 1.97. The van der Waals surface area contributed by atoms with E-state index in [0.29, 0.717) is 0 Å². The van der Waals surface area contributed by atoms with Crippen molar-refractivity contribution in [2.75, 3.05) is 0 Å². The molecule has 4 N–H and O–H groups in total. The zero-order valence-corrected chi connectivity index (χ0v) is 5.93. The van der Waals surface area contributed by atoms with E-state index in [0.717, 1.165) is 0 Å². The second kappa shape index (κ2) is 2.69. The van der Waals surface area contributed by atoms with Crippen LogP contribution < -0.4 is 0 Å². The lowest BCUT2D eigenvalue weighted by Gasteiger charge is -2.29. The van der Waals surface area contributed by atoms with Crippen LogP contribution >= 0.6 is 0 Å². The number of hydrogen-bond acceptors (Lipinski definition) is 5. The molecule has 5 heteroatoms. The molecule has 3 unspecified atom stereocenters. The molecule has 5 nitrogen and oxygen atoms in total. The summed E-state index contributed by atoms with van der Waals surface area (Å²) in [6, 6.07) is 0. The van der Waals surface area contributed by atoms with Gasteiger partial charge in [0.1, 0.15) is 18.0 Å². The second-order valence-corrected chi connectivity index (χ2v) is 2.39. The largest absolute Gasteiger partial charge is 0.506 e. The molecular formula is C6H10O5. The summed E-state index contributed by atoms with van der Waals surface area (Å²) in [4.78, 5) is 0. The van der Waals surface area contributed by atoms with E-state index in [2.05, 4.69) is 4.74 Å². The molecular weight excluding hydrogens is 152 g/mol. The highest BCUT2D eigenvalue weighted by Crippen LogP contribution is 2.20. The molecule has 0 aromatic rings. The molecule has 0 fully saturated rings. The first kappa shape index (κ1) is 8.32. The summed E-state index contributed by atoms with van der Waals surface area (Å²) in [5.74, 6) is -0.418. The van der Waals surface area contributed by atoms with Gasteiger partial charge in [0.05, 0.1) is 0 Å². The Morgan fingerprint density at radius 2 is 1.82 bits per heavy atom. The fourth-order valence-corrected chi connectivity index (χ4v) is 0.837. The van der Waals surface area contributed by atoms with Gasteiger partial charge in [-0.2, -0.15) is 0 Å². The van der Waals surface area contributed by atoms with Gasteiger partial charge in [-0.05, 0) is 6.92 Å². The van der Waals surface area contributed by atoms with Gasteiger partial charge in [0.15, 0.2) is 5.76 Å². The van der Waals surface area contributed by atoms with Crippen LogP contribution in [0.4, 0.5) is 0 Å². The smallest absolute Gasteiger partial charge is 0.226 e. The Balaban J connectivity index is 2.86. The van der Waals surface area contributed by atoms with Crippen molar-refractivity contribution in [3.8, 4) is 0 Å². The minimum Gasteiger partial charge on any atom is -0.506 e. The van der Waals surface area contributed by atoms with Crippen LogP contribution in [-0.2, 0) is 4.74 Å². The first-order chi connectivity index (χ1) is 5.04. The SMILES string of the molecule is CC1=C(O)C(O)C(O)C(O)O1. The van der Waals surface area contributed by atoms with Gasteiger partial charge in [0, 0.05) is 0 Å². The normalized spacial score (nSPS) is 38.7. The topological polar surface area (TPSA) is 90.2 Å². The van der Waals surface area contributed by atoms with Crippen LogP contribution in [0.5, 0.6) is 0 Å². The van der Waals surface area contributed by atoms with Crippen molar-refractivity contribution in [2.24, 2.45) is 0 Å². The van der Waals surface area contributed by atoms with Crippen LogP contribution in [0.2, 0.25) is 0 Å². The number of ether oxygens (including phenoxy) is 1. The van der Waals surface area contributed by atoms with Crippen LogP contribution in [0.1, 0.15) is 6.92 Å². The quantitative estimate of drug-likeness (QED) is 0.361. The van der Waals surface area contributed by atoms with Crippen LogP contribution in [0.25, 0.3) is 0 Å². The molecule has 0 aromatic heterocycles. The number of rotatable bonds is 0. The van der Waals surface area contributed by atoms with E-state index in [9.17, 15) is 0 Å². The first-order valence-electron chi connectivity index (χ1n) is 3.14. The summed E-state index contributed by atoms with van der Waals surface area (Å²) in [6.07, 6.45) is -4.42. The predicted octanol–water partition coefficient (Wildman–Crippen LogP) is -1.15. The maximum absolute atomic E-state index is 8.99. The molecule has 0 aromatic carbocycles. The van der Waals surface area contributed by atoms with Gasteiger partial charge < -0.3 is 25.2 Å². The molecule has 0 aliphatic carbocycles. The van der Waals surface area contributed by atoms with Gasteiger partial charge in [-0.1, -0.05) is 0 Å². The third kappa shape index (κ3) is 1.30. The molecule has 0 saturated carbocycles. The number of hydrogen-bond donors (Lipinski definition) is 4.